The number of hydrogen-bond acceptors (Lipinski definition) is 5. The summed E-state index contributed by atoms with van der Waals surface area (Å²) >= 11 is 0. The number of hydrogen-bond donors (Lipinski definition) is 1. The molecule has 1 atom stereocenters. The second kappa shape index (κ2) is 6.98. The molecule has 1 N–H and O–H groups in total. The molecule has 0 bridgehead atoms. The lowest BCUT2D eigenvalue weighted by Crippen LogP contribution is -2.42. The van der Waals surface area contributed by atoms with Crippen molar-refractivity contribution < 1.29 is 37.7 Å². The number of alkyl halides is 2. The Morgan fingerprint density at radius 1 is 1.29 bits per heavy atom. The smallest absolute Gasteiger partial charge is 0.378 e. The fourth-order valence-corrected chi connectivity index (χ4v) is 1.29. The van der Waals surface area contributed by atoms with Crippen molar-refractivity contribution in [2.24, 2.45) is 0 Å². The quantitative estimate of drug-likeness (QED) is 0.612. The highest BCUT2D eigenvalue weighted by Crippen LogP contribution is 2.23. The van der Waals surface area contributed by atoms with Crippen LogP contribution in [-0.4, -0.2) is 43.0 Å². The van der Waals surface area contributed by atoms with Crippen LogP contribution in [0.1, 0.15) is 17.3 Å². The fraction of sp³-hybridized carbons (Fsp3) is 0.385. The van der Waals surface area contributed by atoms with Gasteiger partial charge in [-0.15, -0.1) is 0 Å². The van der Waals surface area contributed by atoms with E-state index in [9.17, 15) is 18.4 Å². The summed E-state index contributed by atoms with van der Waals surface area (Å²) in [4.78, 5) is 22.0. The molecular formula is C13H14F2O6. The summed E-state index contributed by atoms with van der Waals surface area (Å²) in [5.74, 6) is -7.15. The zero-order valence-electron chi connectivity index (χ0n) is 11.3. The normalized spacial score (nSPS) is 12.6. The summed E-state index contributed by atoms with van der Waals surface area (Å²) in [5.41, 5.74) is -0.00666. The maximum absolute atomic E-state index is 13.1. The minimum Gasteiger partial charge on any atom is -0.477 e. The van der Waals surface area contributed by atoms with E-state index < -0.39 is 24.0 Å². The van der Waals surface area contributed by atoms with Gasteiger partial charge < -0.3 is 19.3 Å². The molecule has 0 aromatic heterocycles. The number of carbonyl (C=O) groups is 2. The molecule has 0 saturated heterocycles. The summed E-state index contributed by atoms with van der Waals surface area (Å²) < 4.78 is 40.4. The number of halogens is 2. The molecule has 8 heteroatoms. The molecule has 0 aliphatic carbocycles. The van der Waals surface area contributed by atoms with Crippen LogP contribution in [0.5, 0.6) is 5.75 Å². The predicted molar refractivity (Wildman–Crippen MR) is 66.4 cm³/mol. The first-order chi connectivity index (χ1) is 9.78. The first-order valence-electron chi connectivity index (χ1n) is 5.83. The van der Waals surface area contributed by atoms with Crippen LogP contribution in [0.25, 0.3) is 0 Å². The predicted octanol–water partition coefficient (Wildman–Crippen LogP) is 1.93. The topological polar surface area (TPSA) is 82.1 Å². The SMILES string of the molecule is COCOc1ccc(C(=O)OC(C)C(F)(F)C(=O)O)cc1. The highest BCUT2D eigenvalue weighted by Gasteiger charge is 2.47. The van der Waals surface area contributed by atoms with Gasteiger partial charge >= 0.3 is 17.9 Å². The van der Waals surface area contributed by atoms with Crippen LogP contribution in [0.2, 0.25) is 0 Å². The summed E-state index contributed by atoms with van der Waals surface area (Å²) in [6.07, 6.45) is -2.09. The molecule has 0 saturated carbocycles. The van der Waals surface area contributed by atoms with E-state index in [2.05, 4.69) is 9.47 Å². The summed E-state index contributed by atoms with van der Waals surface area (Å²) in [7, 11) is 1.44. The minimum absolute atomic E-state index is 0.00666. The zero-order valence-corrected chi connectivity index (χ0v) is 11.3. The Balaban J connectivity index is 2.69. The van der Waals surface area contributed by atoms with Gasteiger partial charge in [0, 0.05) is 7.11 Å². The van der Waals surface area contributed by atoms with Gasteiger partial charge in [0.05, 0.1) is 5.56 Å². The van der Waals surface area contributed by atoms with Gasteiger partial charge in [-0.05, 0) is 31.2 Å². The van der Waals surface area contributed by atoms with Crippen molar-refractivity contribution >= 4 is 11.9 Å². The number of ether oxygens (including phenoxy) is 3. The molecule has 6 nitrogen and oxygen atoms in total. The largest absolute Gasteiger partial charge is 0.477 e. The highest BCUT2D eigenvalue weighted by atomic mass is 19.3. The summed E-state index contributed by atoms with van der Waals surface area (Å²) in [6, 6.07) is 5.46. The number of methoxy groups -OCH3 is 1. The third kappa shape index (κ3) is 4.38. The zero-order chi connectivity index (χ0) is 16.0. The number of carbonyl (C=O) groups excluding carboxylic acids is 1. The molecular weight excluding hydrogens is 290 g/mol. The molecule has 1 aromatic carbocycles. The first-order valence-corrected chi connectivity index (χ1v) is 5.83. The number of benzene rings is 1. The van der Waals surface area contributed by atoms with Crippen LogP contribution in [0, 0.1) is 0 Å². The first kappa shape index (κ1) is 16.8. The lowest BCUT2D eigenvalue weighted by atomic mass is 10.2. The standard InChI is InChI=1S/C13H14F2O6/c1-8(13(14,15)12(17)18)21-11(16)9-3-5-10(6-4-9)20-7-19-2/h3-6,8H,7H2,1-2H3,(H,17,18). The molecule has 0 heterocycles. The molecule has 0 spiro atoms. The number of carboxylic acids is 1. The molecule has 1 unspecified atom stereocenters. The van der Waals surface area contributed by atoms with Crippen molar-refractivity contribution in [1.82, 2.24) is 0 Å². The third-order valence-electron chi connectivity index (χ3n) is 2.51. The Hall–Kier alpha value is -2.22. The summed E-state index contributed by atoms with van der Waals surface area (Å²) in [5, 5.41) is 8.34. The van der Waals surface area contributed by atoms with Crippen molar-refractivity contribution in [1.29, 1.82) is 0 Å². The van der Waals surface area contributed by atoms with Gasteiger partial charge in [0.2, 0.25) is 0 Å². The van der Waals surface area contributed by atoms with E-state index in [0.29, 0.717) is 5.75 Å². The minimum atomic E-state index is -4.16. The van der Waals surface area contributed by atoms with Gasteiger partial charge in [0.1, 0.15) is 5.75 Å². The van der Waals surface area contributed by atoms with Crippen molar-refractivity contribution in [2.75, 3.05) is 13.9 Å². The Kier molecular flexibility index (Phi) is 5.60. The van der Waals surface area contributed by atoms with Crippen LogP contribution >= 0.6 is 0 Å². The van der Waals surface area contributed by atoms with E-state index in [1.54, 1.807) is 0 Å². The molecule has 1 aromatic rings. The number of aliphatic carboxylic acids is 1. The molecule has 116 valence electrons. The van der Waals surface area contributed by atoms with E-state index >= 15 is 0 Å². The molecule has 0 aliphatic rings. The second-order valence-electron chi connectivity index (χ2n) is 4.05. The maximum atomic E-state index is 13.1. The lowest BCUT2D eigenvalue weighted by molar-refractivity contribution is -0.180. The average Bonchev–Trinajstić information content (AvgIpc) is 2.45. The van der Waals surface area contributed by atoms with Crippen molar-refractivity contribution in [2.45, 2.75) is 19.0 Å². The van der Waals surface area contributed by atoms with E-state index in [0.717, 1.165) is 6.92 Å². The van der Waals surface area contributed by atoms with Gasteiger partial charge in [-0.25, -0.2) is 9.59 Å². The van der Waals surface area contributed by atoms with Gasteiger partial charge in [-0.2, -0.15) is 8.78 Å². The van der Waals surface area contributed by atoms with E-state index in [1.807, 2.05) is 0 Å². The molecule has 1 rings (SSSR count). The van der Waals surface area contributed by atoms with Crippen LogP contribution in [0.15, 0.2) is 24.3 Å². The fourth-order valence-electron chi connectivity index (χ4n) is 1.29. The summed E-state index contributed by atoms with van der Waals surface area (Å²) in [6.45, 7) is 0.827. The van der Waals surface area contributed by atoms with Crippen molar-refractivity contribution in [3.05, 3.63) is 29.8 Å². The van der Waals surface area contributed by atoms with Crippen LogP contribution < -0.4 is 4.74 Å². The van der Waals surface area contributed by atoms with Crippen LogP contribution in [-0.2, 0) is 14.3 Å². The Bertz CT molecular complexity index is 500. The Morgan fingerprint density at radius 3 is 2.33 bits per heavy atom. The van der Waals surface area contributed by atoms with E-state index in [1.165, 1.54) is 31.4 Å². The molecule has 0 aliphatic heterocycles. The molecule has 0 amide bonds. The Morgan fingerprint density at radius 2 is 1.86 bits per heavy atom. The lowest BCUT2D eigenvalue weighted by Gasteiger charge is -2.19. The van der Waals surface area contributed by atoms with Crippen LogP contribution in [0.4, 0.5) is 8.78 Å². The number of esters is 1. The number of carboxylic acid groups (broad SMARTS) is 1. The Labute approximate surface area is 119 Å². The second-order valence-corrected chi connectivity index (χ2v) is 4.05. The molecule has 0 fully saturated rings. The number of rotatable bonds is 7. The molecule has 21 heavy (non-hydrogen) atoms. The molecule has 0 radical (unpaired) electrons. The third-order valence-corrected chi connectivity index (χ3v) is 2.51. The maximum Gasteiger partial charge on any atom is 0.378 e. The van der Waals surface area contributed by atoms with Gasteiger partial charge in [0.25, 0.3) is 0 Å². The average molecular weight is 304 g/mol. The van der Waals surface area contributed by atoms with Gasteiger partial charge in [0.15, 0.2) is 12.9 Å². The van der Waals surface area contributed by atoms with Crippen LogP contribution in [0.3, 0.4) is 0 Å². The highest BCUT2D eigenvalue weighted by molar-refractivity contribution is 5.90. The van der Waals surface area contributed by atoms with E-state index in [4.69, 9.17) is 9.84 Å². The van der Waals surface area contributed by atoms with Gasteiger partial charge in [-0.3, -0.25) is 0 Å². The van der Waals surface area contributed by atoms with Gasteiger partial charge in [-0.1, -0.05) is 0 Å². The monoisotopic (exact) mass is 304 g/mol. The van der Waals surface area contributed by atoms with Crippen molar-refractivity contribution in [3.8, 4) is 5.75 Å². The van der Waals surface area contributed by atoms with E-state index in [-0.39, 0.29) is 12.4 Å². The van der Waals surface area contributed by atoms with Crippen molar-refractivity contribution in [3.63, 3.8) is 0 Å².